The van der Waals surface area contributed by atoms with E-state index in [1.807, 2.05) is 29.2 Å². The molecule has 4 nitrogen and oxygen atoms in total. The fourth-order valence-electron chi connectivity index (χ4n) is 2.62. The normalized spacial score (nSPS) is 18.9. The van der Waals surface area contributed by atoms with Gasteiger partial charge in [-0.05, 0) is 66.0 Å². The lowest BCUT2D eigenvalue weighted by atomic mass is 9.93. The molecular formula is C15H18INO3. The largest absolute Gasteiger partial charge is 0.481 e. The van der Waals surface area contributed by atoms with E-state index in [-0.39, 0.29) is 12.3 Å². The van der Waals surface area contributed by atoms with E-state index in [4.69, 9.17) is 5.11 Å². The lowest BCUT2D eigenvalue weighted by Crippen LogP contribution is -2.40. The molecule has 1 aromatic carbocycles. The van der Waals surface area contributed by atoms with Crippen molar-refractivity contribution in [2.75, 3.05) is 13.1 Å². The van der Waals surface area contributed by atoms with Crippen molar-refractivity contribution in [2.45, 2.75) is 25.7 Å². The SMILES string of the molecule is O=C(O)CCC1CCCN(C(=O)c2cccc(I)c2)C1. The minimum atomic E-state index is -0.758. The molecule has 2 rings (SSSR count). The topological polar surface area (TPSA) is 57.6 Å². The average Bonchev–Trinajstić information content (AvgIpc) is 2.44. The molecule has 1 heterocycles. The van der Waals surface area contributed by atoms with E-state index in [1.54, 1.807) is 0 Å². The first-order valence-corrected chi connectivity index (χ1v) is 7.91. The van der Waals surface area contributed by atoms with Crippen LogP contribution in [0.25, 0.3) is 0 Å². The summed E-state index contributed by atoms with van der Waals surface area (Å²) in [7, 11) is 0. The molecule has 0 radical (unpaired) electrons. The Labute approximate surface area is 132 Å². The first-order valence-electron chi connectivity index (χ1n) is 6.83. The number of carbonyl (C=O) groups is 2. The number of nitrogens with zero attached hydrogens (tertiary/aromatic N) is 1. The van der Waals surface area contributed by atoms with Crippen LogP contribution in [0, 0.1) is 9.49 Å². The molecule has 0 aliphatic carbocycles. The van der Waals surface area contributed by atoms with Crippen LogP contribution in [0.2, 0.25) is 0 Å². The summed E-state index contributed by atoms with van der Waals surface area (Å²) in [5.74, 6) is -0.388. The van der Waals surface area contributed by atoms with Gasteiger partial charge >= 0.3 is 5.97 Å². The Morgan fingerprint density at radius 3 is 2.90 bits per heavy atom. The zero-order chi connectivity index (χ0) is 14.5. The summed E-state index contributed by atoms with van der Waals surface area (Å²) < 4.78 is 1.05. The van der Waals surface area contributed by atoms with E-state index in [2.05, 4.69) is 22.6 Å². The third-order valence-corrected chi connectivity index (χ3v) is 4.32. The second-order valence-electron chi connectivity index (χ2n) is 5.20. The van der Waals surface area contributed by atoms with Crippen molar-refractivity contribution in [1.29, 1.82) is 0 Å². The van der Waals surface area contributed by atoms with E-state index in [9.17, 15) is 9.59 Å². The number of likely N-dealkylation sites (tertiary alicyclic amines) is 1. The fourth-order valence-corrected chi connectivity index (χ4v) is 3.16. The number of aliphatic carboxylic acids is 1. The maximum atomic E-state index is 12.4. The summed E-state index contributed by atoms with van der Waals surface area (Å²) in [4.78, 5) is 24.9. The quantitative estimate of drug-likeness (QED) is 0.809. The minimum Gasteiger partial charge on any atom is -0.481 e. The highest BCUT2D eigenvalue weighted by molar-refractivity contribution is 14.1. The van der Waals surface area contributed by atoms with Gasteiger partial charge < -0.3 is 10.0 Å². The minimum absolute atomic E-state index is 0.0588. The number of carbonyl (C=O) groups excluding carboxylic acids is 1. The molecule has 0 aromatic heterocycles. The lowest BCUT2D eigenvalue weighted by molar-refractivity contribution is -0.137. The molecule has 1 N–H and O–H groups in total. The van der Waals surface area contributed by atoms with Crippen LogP contribution in [0.3, 0.4) is 0 Å². The molecule has 1 atom stereocenters. The van der Waals surface area contributed by atoms with Crippen LogP contribution < -0.4 is 0 Å². The van der Waals surface area contributed by atoms with Crippen molar-refractivity contribution in [3.05, 3.63) is 33.4 Å². The number of hydrogen-bond donors (Lipinski definition) is 1. The highest BCUT2D eigenvalue weighted by Crippen LogP contribution is 2.22. The number of amides is 1. The maximum absolute atomic E-state index is 12.4. The van der Waals surface area contributed by atoms with Crippen molar-refractivity contribution in [3.8, 4) is 0 Å². The third-order valence-electron chi connectivity index (χ3n) is 3.64. The number of rotatable bonds is 4. The van der Waals surface area contributed by atoms with Gasteiger partial charge in [-0.15, -0.1) is 0 Å². The summed E-state index contributed by atoms with van der Waals surface area (Å²) in [6.07, 6.45) is 2.82. The van der Waals surface area contributed by atoms with Gasteiger partial charge in [0, 0.05) is 28.6 Å². The molecule has 5 heteroatoms. The van der Waals surface area contributed by atoms with Gasteiger partial charge in [0.15, 0.2) is 0 Å². The second kappa shape index (κ2) is 7.06. The van der Waals surface area contributed by atoms with E-state index in [0.717, 1.165) is 28.5 Å². The molecule has 108 valence electrons. The van der Waals surface area contributed by atoms with Gasteiger partial charge in [0.25, 0.3) is 5.91 Å². The first-order chi connectivity index (χ1) is 9.56. The molecule has 1 aliphatic heterocycles. The highest BCUT2D eigenvalue weighted by atomic mass is 127. The molecule has 1 unspecified atom stereocenters. The van der Waals surface area contributed by atoms with Crippen LogP contribution in [0.1, 0.15) is 36.0 Å². The molecule has 1 fully saturated rings. The van der Waals surface area contributed by atoms with Gasteiger partial charge in [-0.3, -0.25) is 9.59 Å². The average molecular weight is 387 g/mol. The summed E-state index contributed by atoms with van der Waals surface area (Å²) in [6.45, 7) is 1.45. The highest BCUT2D eigenvalue weighted by Gasteiger charge is 2.24. The zero-order valence-electron chi connectivity index (χ0n) is 11.2. The number of carboxylic acids is 1. The molecule has 1 aromatic rings. The van der Waals surface area contributed by atoms with Crippen LogP contribution >= 0.6 is 22.6 Å². The van der Waals surface area contributed by atoms with Crippen LogP contribution in [0.15, 0.2) is 24.3 Å². The predicted octanol–water partition coefficient (Wildman–Crippen LogP) is 3.01. The Hall–Kier alpha value is -1.11. The van der Waals surface area contributed by atoms with Gasteiger partial charge in [-0.2, -0.15) is 0 Å². The summed E-state index contributed by atoms with van der Waals surface area (Å²) in [5.41, 5.74) is 0.718. The standard InChI is InChI=1S/C15H18INO3/c16-13-5-1-4-12(9-13)15(20)17-8-2-3-11(10-17)6-7-14(18)19/h1,4-5,9,11H,2-3,6-8,10H2,(H,18,19). The lowest BCUT2D eigenvalue weighted by Gasteiger charge is -2.32. The van der Waals surface area contributed by atoms with Gasteiger partial charge in [0.2, 0.25) is 0 Å². The Morgan fingerprint density at radius 2 is 2.20 bits per heavy atom. The molecule has 0 spiro atoms. The molecule has 1 amide bonds. The number of halogens is 1. The van der Waals surface area contributed by atoms with Crippen molar-refractivity contribution in [2.24, 2.45) is 5.92 Å². The van der Waals surface area contributed by atoms with E-state index in [0.29, 0.717) is 18.9 Å². The van der Waals surface area contributed by atoms with Crippen molar-refractivity contribution >= 4 is 34.5 Å². The maximum Gasteiger partial charge on any atom is 0.303 e. The molecule has 1 saturated heterocycles. The Balaban J connectivity index is 1.98. The van der Waals surface area contributed by atoms with E-state index in [1.165, 1.54) is 0 Å². The van der Waals surface area contributed by atoms with Crippen LogP contribution in [-0.4, -0.2) is 35.0 Å². The van der Waals surface area contributed by atoms with Gasteiger partial charge in [0.1, 0.15) is 0 Å². The Morgan fingerprint density at radius 1 is 1.40 bits per heavy atom. The van der Waals surface area contributed by atoms with Crippen LogP contribution in [0.5, 0.6) is 0 Å². The molecule has 0 bridgehead atoms. The van der Waals surface area contributed by atoms with E-state index >= 15 is 0 Å². The van der Waals surface area contributed by atoms with Gasteiger partial charge in [0.05, 0.1) is 0 Å². The number of hydrogen-bond acceptors (Lipinski definition) is 2. The van der Waals surface area contributed by atoms with Gasteiger partial charge in [-0.1, -0.05) is 6.07 Å². The first kappa shape index (κ1) is 15.3. The van der Waals surface area contributed by atoms with Crippen molar-refractivity contribution in [3.63, 3.8) is 0 Å². The molecule has 1 aliphatic rings. The van der Waals surface area contributed by atoms with Gasteiger partial charge in [-0.25, -0.2) is 0 Å². The number of benzene rings is 1. The molecular weight excluding hydrogens is 369 g/mol. The predicted molar refractivity (Wildman–Crippen MR) is 84.7 cm³/mol. The smallest absolute Gasteiger partial charge is 0.303 e. The second-order valence-corrected chi connectivity index (χ2v) is 6.45. The van der Waals surface area contributed by atoms with Crippen molar-refractivity contribution < 1.29 is 14.7 Å². The van der Waals surface area contributed by atoms with Crippen molar-refractivity contribution in [1.82, 2.24) is 4.90 Å². The monoisotopic (exact) mass is 387 g/mol. The summed E-state index contributed by atoms with van der Waals surface area (Å²) >= 11 is 2.20. The zero-order valence-corrected chi connectivity index (χ0v) is 13.4. The molecule has 0 saturated carbocycles. The Bertz CT molecular complexity index is 504. The third kappa shape index (κ3) is 4.19. The summed E-state index contributed by atoms with van der Waals surface area (Å²) in [5, 5.41) is 8.75. The summed E-state index contributed by atoms with van der Waals surface area (Å²) in [6, 6.07) is 7.58. The fraction of sp³-hybridized carbons (Fsp3) is 0.467. The van der Waals surface area contributed by atoms with Crippen LogP contribution in [0.4, 0.5) is 0 Å². The van der Waals surface area contributed by atoms with Crippen LogP contribution in [-0.2, 0) is 4.79 Å². The Kier molecular flexibility index (Phi) is 5.39. The molecule has 20 heavy (non-hydrogen) atoms. The number of piperidine rings is 1. The number of carboxylic acid groups (broad SMARTS) is 1. The van der Waals surface area contributed by atoms with E-state index < -0.39 is 5.97 Å².